The monoisotopic (exact) mass is 320 g/mol. The van der Waals surface area contributed by atoms with Crippen molar-refractivity contribution in [2.75, 3.05) is 17.3 Å². The summed E-state index contributed by atoms with van der Waals surface area (Å²) >= 11 is 0. The summed E-state index contributed by atoms with van der Waals surface area (Å²) in [5, 5.41) is 12.0. The lowest BCUT2D eigenvalue weighted by atomic mass is 10.1. The van der Waals surface area contributed by atoms with E-state index in [1.165, 1.54) is 0 Å². The highest BCUT2D eigenvalue weighted by molar-refractivity contribution is 6.12. The first-order valence-corrected chi connectivity index (χ1v) is 7.54. The Morgan fingerprint density at radius 3 is 2.75 bits per heavy atom. The number of aromatic nitrogens is 1. The van der Waals surface area contributed by atoms with E-state index in [1.807, 2.05) is 41.3 Å². The van der Waals surface area contributed by atoms with Crippen LogP contribution in [0.3, 0.4) is 0 Å². The molecule has 0 fully saturated rings. The number of pyridine rings is 1. The molecule has 2 N–H and O–H groups in total. The number of furan rings is 1. The van der Waals surface area contributed by atoms with Crippen LogP contribution in [-0.4, -0.2) is 17.9 Å². The topological polar surface area (TPSA) is 74.4 Å². The molecule has 3 heterocycles. The van der Waals surface area contributed by atoms with Crippen molar-refractivity contribution in [1.29, 1.82) is 5.41 Å². The van der Waals surface area contributed by atoms with E-state index in [0.29, 0.717) is 11.7 Å². The normalized spacial score (nSPS) is 16.5. The minimum atomic E-state index is -0.279. The lowest BCUT2D eigenvalue weighted by Gasteiger charge is -2.37. The van der Waals surface area contributed by atoms with Crippen LogP contribution in [0.2, 0.25) is 0 Å². The van der Waals surface area contributed by atoms with Crippen LogP contribution in [0.5, 0.6) is 5.75 Å². The Labute approximate surface area is 139 Å². The molecule has 0 radical (unpaired) electrons. The molecule has 24 heavy (non-hydrogen) atoms. The third-order valence-corrected chi connectivity index (χ3v) is 4.04. The van der Waals surface area contributed by atoms with Gasteiger partial charge in [-0.15, -0.1) is 0 Å². The fourth-order valence-corrected chi connectivity index (χ4v) is 2.85. The number of benzene rings is 1. The first kappa shape index (κ1) is 14.3. The summed E-state index contributed by atoms with van der Waals surface area (Å²) in [5.41, 5.74) is 2.56. The molecule has 120 valence electrons. The maximum atomic E-state index is 8.63. The predicted octanol–water partition coefficient (Wildman–Crippen LogP) is 3.64. The molecule has 4 rings (SSSR count). The van der Waals surface area contributed by atoms with Crippen molar-refractivity contribution in [3.05, 3.63) is 72.2 Å². The lowest BCUT2D eigenvalue weighted by molar-refractivity contribution is 0.415. The van der Waals surface area contributed by atoms with Crippen LogP contribution in [0.4, 0.5) is 11.6 Å². The van der Waals surface area contributed by atoms with Gasteiger partial charge in [-0.25, -0.2) is 0 Å². The molecule has 6 nitrogen and oxygen atoms in total. The summed E-state index contributed by atoms with van der Waals surface area (Å²) < 4.78 is 10.7. The highest BCUT2D eigenvalue weighted by Gasteiger charge is 2.33. The standard InChI is InChI=1S/C18H16N4O2/c1-23-14-6-4-13(5-7-14)22-16(19)15-8-10-24-18(15)21-17(22)12-3-2-9-20-11-12/h2-11,17,19,21H,1H3. The number of ether oxygens (including phenoxy) is 1. The molecular formula is C18H16N4O2. The number of nitrogens with zero attached hydrogens (tertiary/aromatic N) is 2. The summed E-state index contributed by atoms with van der Waals surface area (Å²) in [6, 6.07) is 13.3. The molecule has 1 atom stereocenters. The zero-order chi connectivity index (χ0) is 16.5. The maximum Gasteiger partial charge on any atom is 0.205 e. The molecule has 0 amide bonds. The van der Waals surface area contributed by atoms with Gasteiger partial charge in [0.1, 0.15) is 17.8 Å². The van der Waals surface area contributed by atoms with Gasteiger partial charge in [0.25, 0.3) is 0 Å². The number of nitrogens with one attached hydrogen (secondary N) is 2. The molecule has 1 aliphatic rings. The molecule has 1 aromatic carbocycles. The number of rotatable bonds is 3. The van der Waals surface area contributed by atoms with Crippen molar-refractivity contribution >= 4 is 17.4 Å². The van der Waals surface area contributed by atoms with E-state index in [9.17, 15) is 0 Å². The number of hydrogen-bond donors (Lipinski definition) is 2. The fraction of sp³-hybridized carbons (Fsp3) is 0.111. The van der Waals surface area contributed by atoms with Gasteiger partial charge < -0.3 is 19.4 Å². The number of amidine groups is 1. The van der Waals surface area contributed by atoms with Gasteiger partial charge in [-0.3, -0.25) is 10.4 Å². The van der Waals surface area contributed by atoms with E-state index in [0.717, 1.165) is 22.6 Å². The Balaban J connectivity index is 1.81. The second kappa shape index (κ2) is 5.73. The smallest absolute Gasteiger partial charge is 0.205 e. The molecule has 3 aromatic rings. The van der Waals surface area contributed by atoms with Crippen LogP contribution in [-0.2, 0) is 0 Å². The number of hydrogen-bond acceptors (Lipinski definition) is 5. The van der Waals surface area contributed by atoms with Crippen LogP contribution in [0.15, 0.2) is 65.5 Å². The molecular weight excluding hydrogens is 304 g/mol. The van der Waals surface area contributed by atoms with Crippen molar-refractivity contribution in [2.24, 2.45) is 0 Å². The van der Waals surface area contributed by atoms with Gasteiger partial charge >= 0.3 is 0 Å². The summed E-state index contributed by atoms with van der Waals surface area (Å²) in [6.07, 6.45) is 4.82. The SMILES string of the molecule is COc1ccc(N2C(=N)c3ccoc3NC2c2cccnc2)cc1. The fourth-order valence-electron chi connectivity index (χ4n) is 2.85. The Hall–Kier alpha value is -3.28. The molecule has 0 aliphatic carbocycles. The van der Waals surface area contributed by atoms with E-state index < -0.39 is 0 Å². The van der Waals surface area contributed by atoms with E-state index >= 15 is 0 Å². The molecule has 6 heteroatoms. The van der Waals surface area contributed by atoms with E-state index in [2.05, 4.69) is 10.3 Å². The van der Waals surface area contributed by atoms with E-state index in [4.69, 9.17) is 14.6 Å². The molecule has 0 spiro atoms. The van der Waals surface area contributed by atoms with E-state index in [-0.39, 0.29) is 6.17 Å². The predicted molar refractivity (Wildman–Crippen MR) is 91.6 cm³/mol. The summed E-state index contributed by atoms with van der Waals surface area (Å²) in [5.74, 6) is 1.74. The van der Waals surface area contributed by atoms with Crippen molar-refractivity contribution in [1.82, 2.24) is 4.98 Å². The zero-order valence-electron chi connectivity index (χ0n) is 13.1. The van der Waals surface area contributed by atoms with Crippen LogP contribution in [0.1, 0.15) is 17.3 Å². The van der Waals surface area contributed by atoms with Gasteiger partial charge in [0, 0.05) is 23.6 Å². The van der Waals surface area contributed by atoms with Crippen molar-refractivity contribution in [3.8, 4) is 5.75 Å². The minimum Gasteiger partial charge on any atom is -0.497 e. The van der Waals surface area contributed by atoms with Gasteiger partial charge in [-0.2, -0.15) is 0 Å². The number of anilines is 2. The summed E-state index contributed by atoms with van der Waals surface area (Å²) in [6.45, 7) is 0. The van der Waals surface area contributed by atoms with Gasteiger partial charge in [-0.1, -0.05) is 6.07 Å². The van der Waals surface area contributed by atoms with Crippen LogP contribution >= 0.6 is 0 Å². The highest BCUT2D eigenvalue weighted by Crippen LogP contribution is 2.37. The van der Waals surface area contributed by atoms with Crippen LogP contribution in [0.25, 0.3) is 0 Å². The second-order valence-corrected chi connectivity index (χ2v) is 5.41. The van der Waals surface area contributed by atoms with E-state index in [1.54, 1.807) is 31.8 Å². The Bertz CT molecular complexity index is 858. The van der Waals surface area contributed by atoms with Gasteiger partial charge in [-0.05, 0) is 36.4 Å². The third kappa shape index (κ3) is 2.28. The minimum absolute atomic E-state index is 0.279. The van der Waals surface area contributed by atoms with Crippen LogP contribution in [0, 0.1) is 5.41 Å². The first-order chi connectivity index (χ1) is 11.8. The number of methoxy groups -OCH3 is 1. The maximum absolute atomic E-state index is 8.63. The Kier molecular flexibility index (Phi) is 3.42. The van der Waals surface area contributed by atoms with Crippen molar-refractivity contribution in [3.63, 3.8) is 0 Å². The quantitative estimate of drug-likeness (QED) is 0.770. The average Bonchev–Trinajstić information content (AvgIpc) is 3.11. The van der Waals surface area contributed by atoms with Crippen LogP contribution < -0.4 is 15.0 Å². The lowest BCUT2D eigenvalue weighted by Crippen LogP contribution is -2.42. The second-order valence-electron chi connectivity index (χ2n) is 5.41. The largest absolute Gasteiger partial charge is 0.497 e. The third-order valence-electron chi connectivity index (χ3n) is 4.04. The zero-order valence-corrected chi connectivity index (χ0v) is 13.1. The Morgan fingerprint density at radius 2 is 2.04 bits per heavy atom. The Morgan fingerprint density at radius 1 is 1.21 bits per heavy atom. The van der Waals surface area contributed by atoms with Gasteiger partial charge in [0.15, 0.2) is 0 Å². The van der Waals surface area contributed by atoms with Crippen molar-refractivity contribution < 1.29 is 9.15 Å². The molecule has 1 aliphatic heterocycles. The molecule has 2 aromatic heterocycles. The molecule has 0 saturated carbocycles. The molecule has 1 unspecified atom stereocenters. The molecule has 0 saturated heterocycles. The first-order valence-electron chi connectivity index (χ1n) is 7.54. The summed E-state index contributed by atoms with van der Waals surface area (Å²) in [7, 11) is 1.63. The molecule has 0 bridgehead atoms. The van der Waals surface area contributed by atoms with Gasteiger partial charge in [0.2, 0.25) is 5.88 Å². The highest BCUT2D eigenvalue weighted by atomic mass is 16.5. The van der Waals surface area contributed by atoms with Gasteiger partial charge in [0.05, 0.1) is 18.9 Å². The summed E-state index contributed by atoms with van der Waals surface area (Å²) in [4.78, 5) is 6.11. The van der Waals surface area contributed by atoms with Crippen molar-refractivity contribution in [2.45, 2.75) is 6.17 Å². The average molecular weight is 320 g/mol. The number of fused-ring (bicyclic) bond motifs is 1.